The van der Waals surface area contributed by atoms with E-state index in [1.807, 2.05) is 30.3 Å². The summed E-state index contributed by atoms with van der Waals surface area (Å²) < 4.78 is 29.1. The van der Waals surface area contributed by atoms with Gasteiger partial charge in [-0.1, -0.05) is 42.5 Å². The van der Waals surface area contributed by atoms with Crippen molar-refractivity contribution in [3.05, 3.63) is 76.8 Å². The molecular weight excluding hydrogens is 400 g/mol. The van der Waals surface area contributed by atoms with E-state index < -0.39 is 18.6 Å². The Hall–Kier alpha value is -3.33. The summed E-state index contributed by atoms with van der Waals surface area (Å²) in [7, 11) is 0. The lowest BCUT2D eigenvalue weighted by molar-refractivity contribution is -0.114. The summed E-state index contributed by atoms with van der Waals surface area (Å²) in [5, 5.41) is 7.30. The Balaban J connectivity index is 1.83. The number of benzene rings is 2. The quantitative estimate of drug-likeness (QED) is 0.603. The molecule has 2 N–H and O–H groups in total. The molecule has 0 bridgehead atoms. The highest BCUT2D eigenvalue weighted by molar-refractivity contribution is 7.14. The van der Waals surface area contributed by atoms with Gasteiger partial charge in [0.2, 0.25) is 5.91 Å². The lowest BCUT2D eigenvalue weighted by atomic mass is 9.98. The molecule has 1 unspecified atom stereocenters. The number of nitrogens with one attached hydrogen (secondary N) is 2. The first kappa shape index (κ1) is 20.4. The van der Waals surface area contributed by atoms with Crippen LogP contribution in [0.5, 0.6) is 5.75 Å². The molecule has 150 valence electrons. The van der Waals surface area contributed by atoms with E-state index in [0.29, 0.717) is 10.7 Å². The summed E-state index contributed by atoms with van der Waals surface area (Å²) in [6.07, 6.45) is 0. The van der Waals surface area contributed by atoms with Crippen LogP contribution in [0.2, 0.25) is 0 Å². The third-order valence-electron chi connectivity index (χ3n) is 3.87. The largest absolute Gasteiger partial charge is 0.435 e. The molecule has 9 heteroatoms. The van der Waals surface area contributed by atoms with Crippen LogP contribution in [0.3, 0.4) is 0 Å². The fourth-order valence-electron chi connectivity index (χ4n) is 2.64. The maximum atomic E-state index is 12.7. The molecule has 3 rings (SSSR count). The van der Waals surface area contributed by atoms with Crippen LogP contribution in [-0.4, -0.2) is 23.4 Å². The molecule has 0 aliphatic heterocycles. The summed E-state index contributed by atoms with van der Waals surface area (Å²) in [5.41, 5.74) is 1.65. The molecule has 0 aliphatic carbocycles. The minimum atomic E-state index is -2.91. The molecule has 0 saturated carbocycles. The van der Waals surface area contributed by atoms with Gasteiger partial charge in [-0.25, -0.2) is 4.98 Å². The first-order valence-electron chi connectivity index (χ1n) is 8.56. The molecule has 1 heterocycles. The summed E-state index contributed by atoms with van der Waals surface area (Å²) >= 11 is 1.14. The summed E-state index contributed by atoms with van der Waals surface area (Å²) in [6, 6.07) is 14.7. The van der Waals surface area contributed by atoms with Gasteiger partial charge in [-0.15, -0.1) is 11.3 Å². The predicted molar refractivity (Wildman–Crippen MR) is 105 cm³/mol. The van der Waals surface area contributed by atoms with Crippen LogP contribution in [-0.2, 0) is 4.79 Å². The van der Waals surface area contributed by atoms with Gasteiger partial charge in [-0.05, 0) is 23.3 Å². The molecule has 0 saturated heterocycles. The zero-order valence-electron chi connectivity index (χ0n) is 15.3. The molecule has 29 heavy (non-hydrogen) atoms. The van der Waals surface area contributed by atoms with Crippen LogP contribution in [0.1, 0.15) is 34.6 Å². The lowest BCUT2D eigenvalue weighted by Gasteiger charge is -2.20. The average molecular weight is 417 g/mol. The standard InChI is InChI=1S/C20H17F2N3O3S/c1-12(26)23-20-24-16(11-29-20)18(27)25-17(13-5-3-2-4-6-13)14-7-9-15(10-8-14)28-19(21)22/h2-11,17,19H,1H3,(H,25,27)(H,23,24,26). The number of rotatable bonds is 7. The maximum absolute atomic E-state index is 12.7. The minimum Gasteiger partial charge on any atom is -0.435 e. The van der Waals surface area contributed by atoms with Crippen molar-refractivity contribution in [2.24, 2.45) is 0 Å². The molecule has 1 atom stereocenters. The smallest absolute Gasteiger partial charge is 0.387 e. The van der Waals surface area contributed by atoms with Crippen molar-refractivity contribution in [3.63, 3.8) is 0 Å². The van der Waals surface area contributed by atoms with Gasteiger partial charge in [0.15, 0.2) is 5.13 Å². The van der Waals surface area contributed by atoms with E-state index in [-0.39, 0.29) is 17.4 Å². The number of hydrogen-bond donors (Lipinski definition) is 2. The second kappa shape index (κ2) is 9.24. The van der Waals surface area contributed by atoms with Crippen molar-refractivity contribution in [2.45, 2.75) is 19.6 Å². The first-order chi connectivity index (χ1) is 13.9. The molecule has 0 aliphatic rings. The van der Waals surface area contributed by atoms with Gasteiger partial charge in [-0.3, -0.25) is 9.59 Å². The second-order valence-electron chi connectivity index (χ2n) is 5.98. The maximum Gasteiger partial charge on any atom is 0.387 e. The van der Waals surface area contributed by atoms with Crippen molar-refractivity contribution in [1.82, 2.24) is 10.3 Å². The molecule has 0 spiro atoms. The SMILES string of the molecule is CC(=O)Nc1nc(C(=O)NC(c2ccccc2)c2ccc(OC(F)F)cc2)cs1. The topological polar surface area (TPSA) is 80.3 Å². The van der Waals surface area contributed by atoms with Gasteiger partial charge >= 0.3 is 6.61 Å². The number of hydrogen-bond acceptors (Lipinski definition) is 5. The molecule has 1 aromatic heterocycles. The van der Waals surface area contributed by atoms with Crippen LogP contribution in [0, 0.1) is 0 Å². The van der Waals surface area contributed by atoms with Crippen LogP contribution >= 0.6 is 11.3 Å². The predicted octanol–water partition coefficient (Wildman–Crippen LogP) is 4.22. The van der Waals surface area contributed by atoms with Crippen molar-refractivity contribution < 1.29 is 23.1 Å². The second-order valence-corrected chi connectivity index (χ2v) is 6.84. The van der Waals surface area contributed by atoms with E-state index in [0.717, 1.165) is 16.9 Å². The van der Waals surface area contributed by atoms with E-state index in [4.69, 9.17) is 0 Å². The number of nitrogens with zero attached hydrogens (tertiary/aromatic N) is 1. The van der Waals surface area contributed by atoms with Crippen LogP contribution in [0.15, 0.2) is 60.0 Å². The zero-order chi connectivity index (χ0) is 20.8. The normalized spacial score (nSPS) is 11.7. The van der Waals surface area contributed by atoms with Crippen molar-refractivity contribution in [3.8, 4) is 5.75 Å². The highest BCUT2D eigenvalue weighted by atomic mass is 32.1. The number of amides is 2. The van der Waals surface area contributed by atoms with Crippen LogP contribution in [0.25, 0.3) is 0 Å². The number of thiazole rings is 1. The van der Waals surface area contributed by atoms with E-state index in [2.05, 4.69) is 20.4 Å². The number of carbonyl (C=O) groups excluding carboxylic acids is 2. The monoisotopic (exact) mass is 417 g/mol. The van der Waals surface area contributed by atoms with Gasteiger partial charge < -0.3 is 15.4 Å². The Bertz CT molecular complexity index is 978. The zero-order valence-corrected chi connectivity index (χ0v) is 16.1. The highest BCUT2D eigenvalue weighted by Crippen LogP contribution is 2.26. The third kappa shape index (κ3) is 5.58. The van der Waals surface area contributed by atoms with Gasteiger partial charge in [0.25, 0.3) is 5.91 Å². The Kier molecular flexibility index (Phi) is 6.50. The van der Waals surface area contributed by atoms with Crippen LogP contribution in [0.4, 0.5) is 13.9 Å². The molecular formula is C20H17F2N3O3S. The van der Waals surface area contributed by atoms with E-state index in [9.17, 15) is 18.4 Å². The number of aromatic nitrogens is 1. The summed E-state index contributed by atoms with van der Waals surface area (Å²) in [5.74, 6) is -0.680. The van der Waals surface area contributed by atoms with Gasteiger partial charge in [0.1, 0.15) is 11.4 Å². The van der Waals surface area contributed by atoms with E-state index >= 15 is 0 Å². The molecule has 3 aromatic rings. The first-order valence-corrected chi connectivity index (χ1v) is 9.44. The van der Waals surface area contributed by atoms with Crippen LogP contribution < -0.4 is 15.4 Å². The Morgan fingerprint density at radius 3 is 2.31 bits per heavy atom. The number of alkyl halides is 2. The molecule has 6 nitrogen and oxygen atoms in total. The third-order valence-corrected chi connectivity index (χ3v) is 4.62. The number of anilines is 1. The average Bonchev–Trinajstić information content (AvgIpc) is 3.15. The molecule has 0 radical (unpaired) electrons. The molecule has 2 aromatic carbocycles. The lowest BCUT2D eigenvalue weighted by Crippen LogP contribution is -2.29. The van der Waals surface area contributed by atoms with E-state index in [1.54, 1.807) is 17.5 Å². The summed E-state index contributed by atoms with van der Waals surface area (Å²) in [4.78, 5) is 28.0. The van der Waals surface area contributed by atoms with Crippen molar-refractivity contribution in [1.29, 1.82) is 0 Å². The van der Waals surface area contributed by atoms with E-state index in [1.165, 1.54) is 19.1 Å². The number of ether oxygens (including phenoxy) is 1. The molecule has 0 fully saturated rings. The Morgan fingerprint density at radius 2 is 1.69 bits per heavy atom. The minimum absolute atomic E-state index is 0.0290. The number of carbonyl (C=O) groups is 2. The van der Waals surface area contributed by atoms with Crippen molar-refractivity contribution >= 4 is 28.3 Å². The van der Waals surface area contributed by atoms with Crippen molar-refractivity contribution in [2.75, 3.05) is 5.32 Å². The Labute approximate surface area is 169 Å². The number of halogens is 2. The fourth-order valence-corrected chi connectivity index (χ4v) is 3.37. The summed E-state index contributed by atoms with van der Waals surface area (Å²) in [6.45, 7) is -1.55. The van der Waals surface area contributed by atoms with Gasteiger partial charge in [0, 0.05) is 12.3 Å². The molecule has 2 amide bonds. The Morgan fingerprint density at radius 1 is 1.03 bits per heavy atom. The van der Waals surface area contributed by atoms with Gasteiger partial charge in [0.05, 0.1) is 6.04 Å². The fraction of sp³-hybridized carbons (Fsp3) is 0.150. The van der Waals surface area contributed by atoms with Gasteiger partial charge in [-0.2, -0.15) is 8.78 Å². The highest BCUT2D eigenvalue weighted by Gasteiger charge is 2.20.